The largest absolute Gasteiger partial charge is 0.394 e. The van der Waals surface area contributed by atoms with Gasteiger partial charge in [0.15, 0.2) is 18.9 Å². The second-order valence-electron chi connectivity index (χ2n) is 9.07. The quantitative estimate of drug-likeness (QED) is 0.135. The predicted molar refractivity (Wildman–Crippen MR) is 113 cm³/mol. The molecule has 0 aromatic rings. The van der Waals surface area contributed by atoms with E-state index in [0.717, 1.165) is 6.92 Å². The molecule has 0 spiro atoms. The van der Waals surface area contributed by atoms with E-state index >= 15 is 0 Å². The van der Waals surface area contributed by atoms with Gasteiger partial charge in [-0.15, -0.1) is 0 Å². The second-order valence-corrected chi connectivity index (χ2v) is 9.07. The van der Waals surface area contributed by atoms with Crippen LogP contribution in [0.15, 0.2) is 0 Å². The first-order valence-electron chi connectivity index (χ1n) is 11.6. The van der Waals surface area contributed by atoms with Crippen LogP contribution in [0.1, 0.15) is 6.92 Å². The number of aliphatic hydroxyl groups excluding tert-OH is 10. The fourth-order valence-electron chi connectivity index (χ4n) is 4.45. The molecule has 15 atom stereocenters. The van der Waals surface area contributed by atoms with Crippen molar-refractivity contribution in [3.05, 3.63) is 0 Å². The maximum atomic E-state index is 11.9. The fourth-order valence-corrected chi connectivity index (χ4v) is 4.45. The van der Waals surface area contributed by atoms with Crippen molar-refractivity contribution in [1.82, 2.24) is 5.32 Å². The number of nitrogens with one attached hydrogen (secondary N) is 1. The number of amides is 1. The minimum Gasteiger partial charge on any atom is -0.394 e. The second kappa shape index (κ2) is 12.8. The lowest BCUT2D eigenvalue weighted by Crippen LogP contribution is -2.69. The number of aliphatic hydroxyl groups is 10. The van der Waals surface area contributed by atoms with Crippen molar-refractivity contribution in [2.75, 3.05) is 19.8 Å². The van der Waals surface area contributed by atoms with Crippen molar-refractivity contribution in [3.63, 3.8) is 0 Å². The zero-order chi connectivity index (χ0) is 27.6. The topological polar surface area (TPSA) is 278 Å². The van der Waals surface area contributed by atoms with Crippen molar-refractivity contribution < 1.29 is 79.5 Å². The Bertz CT molecular complexity index is 745. The monoisotopic (exact) mass is 545 g/mol. The fraction of sp³-hybridized carbons (Fsp3) is 0.950. The van der Waals surface area contributed by atoms with E-state index in [1.54, 1.807) is 0 Å². The van der Waals surface area contributed by atoms with Crippen molar-refractivity contribution in [2.45, 2.75) is 99.0 Å². The Kier molecular flexibility index (Phi) is 10.5. The lowest BCUT2D eigenvalue weighted by atomic mass is 9.94. The van der Waals surface area contributed by atoms with Gasteiger partial charge in [-0.25, -0.2) is 0 Å². The third-order valence-corrected chi connectivity index (χ3v) is 6.50. The van der Waals surface area contributed by atoms with Crippen LogP contribution < -0.4 is 5.32 Å². The third kappa shape index (κ3) is 6.38. The van der Waals surface area contributed by atoms with Crippen LogP contribution >= 0.6 is 0 Å². The number of rotatable bonds is 8. The van der Waals surface area contributed by atoms with Gasteiger partial charge in [0, 0.05) is 6.92 Å². The summed E-state index contributed by atoms with van der Waals surface area (Å²) in [5, 5.41) is 103. The van der Waals surface area contributed by atoms with E-state index in [9.17, 15) is 55.9 Å². The molecule has 216 valence electrons. The van der Waals surface area contributed by atoms with Crippen molar-refractivity contribution in [3.8, 4) is 0 Å². The number of ether oxygens (including phenoxy) is 5. The summed E-state index contributed by atoms with van der Waals surface area (Å²) in [4.78, 5) is 11.9. The molecule has 17 heteroatoms. The van der Waals surface area contributed by atoms with Crippen LogP contribution in [-0.4, -0.2) is 169 Å². The zero-order valence-corrected chi connectivity index (χ0v) is 19.7. The summed E-state index contributed by atoms with van der Waals surface area (Å²) in [5.74, 6) is -0.684. The Morgan fingerprint density at radius 2 is 1.16 bits per heavy atom. The summed E-state index contributed by atoms with van der Waals surface area (Å²) < 4.78 is 27.0. The Morgan fingerprint density at radius 3 is 1.73 bits per heavy atom. The van der Waals surface area contributed by atoms with E-state index in [2.05, 4.69) is 5.32 Å². The molecule has 0 bridgehead atoms. The smallest absolute Gasteiger partial charge is 0.217 e. The standard InChI is InChI=1S/C20H35NO16/c1-5(25)21-9-12(28)16(36-20-15(31)13(29)10(26)7(3-23)34-20)8(4-24)35-19(9)37-17-14(30)11(27)6(2-22)33-18(17)32/h6-20,22-24,26-32H,2-4H2,1H3,(H,21,25)/t6-,7-,8-,9-,10+,11-,12-,13+,14+,15-,16-,17+,18?,19?,20?/m1/s1. The maximum Gasteiger partial charge on any atom is 0.217 e. The van der Waals surface area contributed by atoms with Gasteiger partial charge in [-0.3, -0.25) is 4.79 Å². The van der Waals surface area contributed by atoms with E-state index in [0.29, 0.717) is 0 Å². The number of carbonyl (C=O) groups is 1. The predicted octanol–water partition coefficient (Wildman–Crippen LogP) is -7.43. The average molecular weight is 545 g/mol. The minimum atomic E-state index is -1.87. The van der Waals surface area contributed by atoms with Crippen LogP contribution in [0.5, 0.6) is 0 Å². The first-order valence-corrected chi connectivity index (χ1v) is 11.6. The van der Waals surface area contributed by atoms with Gasteiger partial charge in [-0.1, -0.05) is 0 Å². The Hall–Kier alpha value is -1.13. The summed E-state index contributed by atoms with van der Waals surface area (Å²) in [7, 11) is 0. The van der Waals surface area contributed by atoms with E-state index < -0.39 is 118 Å². The van der Waals surface area contributed by atoms with Gasteiger partial charge in [-0.05, 0) is 0 Å². The van der Waals surface area contributed by atoms with Crippen LogP contribution in [0.3, 0.4) is 0 Å². The molecule has 3 fully saturated rings. The molecular formula is C20H35NO16. The number of carbonyl (C=O) groups excluding carboxylic acids is 1. The Labute approximate surface area is 210 Å². The van der Waals surface area contributed by atoms with Crippen molar-refractivity contribution in [2.24, 2.45) is 0 Å². The van der Waals surface area contributed by atoms with Crippen molar-refractivity contribution in [1.29, 1.82) is 0 Å². The maximum absolute atomic E-state index is 11.9. The molecule has 1 amide bonds. The first kappa shape index (κ1) is 30.4. The van der Waals surface area contributed by atoms with E-state index in [4.69, 9.17) is 23.7 Å². The Morgan fingerprint density at radius 1 is 0.649 bits per heavy atom. The van der Waals surface area contributed by atoms with Crippen molar-refractivity contribution >= 4 is 5.91 Å². The normalized spacial score (nSPS) is 49.0. The van der Waals surface area contributed by atoms with Gasteiger partial charge in [0.1, 0.15) is 73.2 Å². The summed E-state index contributed by atoms with van der Waals surface area (Å²) in [6, 6.07) is -1.48. The van der Waals surface area contributed by atoms with Gasteiger partial charge < -0.3 is 80.1 Å². The summed E-state index contributed by atoms with van der Waals surface area (Å²) >= 11 is 0. The number of hydrogen-bond acceptors (Lipinski definition) is 16. The molecule has 11 N–H and O–H groups in total. The molecule has 3 unspecified atom stereocenters. The number of hydrogen-bond donors (Lipinski definition) is 11. The van der Waals surface area contributed by atoms with Crippen LogP contribution in [-0.2, 0) is 28.5 Å². The third-order valence-electron chi connectivity index (χ3n) is 6.50. The highest BCUT2D eigenvalue weighted by molar-refractivity contribution is 5.73. The average Bonchev–Trinajstić information content (AvgIpc) is 2.86. The lowest BCUT2D eigenvalue weighted by Gasteiger charge is -2.48. The van der Waals surface area contributed by atoms with E-state index in [-0.39, 0.29) is 0 Å². The summed E-state index contributed by atoms with van der Waals surface area (Å²) in [6.45, 7) is -1.20. The highest BCUT2D eigenvalue weighted by Gasteiger charge is 2.53. The molecule has 3 aliphatic rings. The molecule has 3 rings (SSSR count). The van der Waals surface area contributed by atoms with Gasteiger partial charge in [0.05, 0.1) is 19.8 Å². The molecule has 37 heavy (non-hydrogen) atoms. The molecule has 3 heterocycles. The molecule has 3 aliphatic heterocycles. The highest BCUT2D eigenvalue weighted by Crippen LogP contribution is 2.32. The molecule has 0 radical (unpaired) electrons. The van der Waals surface area contributed by atoms with Gasteiger partial charge in [0.25, 0.3) is 0 Å². The first-order chi connectivity index (χ1) is 17.4. The van der Waals surface area contributed by atoms with Crippen LogP contribution in [0.2, 0.25) is 0 Å². The van der Waals surface area contributed by atoms with E-state index in [1.165, 1.54) is 0 Å². The SMILES string of the molecule is CC(=O)N[C@H]1C(O[C@@H]2C(O)O[C@H](CO)[C@@H](O)[C@@H]2O)O[C@H](CO)[C@@H](OC2O[C@H](CO)[C@H](O)[C@H](O)[C@H]2O)[C@@H]1O. The van der Waals surface area contributed by atoms with Gasteiger partial charge in [0.2, 0.25) is 5.91 Å². The minimum absolute atomic E-state index is 0.684. The summed E-state index contributed by atoms with van der Waals surface area (Å²) in [5.41, 5.74) is 0. The van der Waals surface area contributed by atoms with E-state index in [1.807, 2.05) is 0 Å². The van der Waals surface area contributed by atoms with Gasteiger partial charge >= 0.3 is 0 Å². The molecule has 0 aromatic carbocycles. The zero-order valence-electron chi connectivity index (χ0n) is 19.7. The Balaban J connectivity index is 1.81. The molecular weight excluding hydrogens is 510 g/mol. The molecule has 0 aromatic heterocycles. The summed E-state index contributed by atoms with van der Waals surface area (Å²) in [6.07, 6.45) is -23.1. The van der Waals surface area contributed by atoms with Crippen LogP contribution in [0.4, 0.5) is 0 Å². The van der Waals surface area contributed by atoms with Gasteiger partial charge in [-0.2, -0.15) is 0 Å². The van der Waals surface area contributed by atoms with Crippen LogP contribution in [0.25, 0.3) is 0 Å². The van der Waals surface area contributed by atoms with Crippen LogP contribution in [0, 0.1) is 0 Å². The highest BCUT2D eigenvalue weighted by atomic mass is 16.7. The molecule has 3 saturated heterocycles. The molecule has 0 saturated carbocycles. The lowest BCUT2D eigenvalue weighted by molar-refractivity contribution is -0.369. The molecule has 0 aliphatic carbocycles. The molecule has 17 nitrogen and oxygen atoms in total.